The van der Waals surface area contributed by atoms with Crippen molar-refractivity contribution in [3.63, 3.8) is 0 Å². The van der Waals surface area contributed by atoms with E-state index in [4.69, 9.17) is 9.84 Å². The number of methoxy groups -OCH3 is 1. The van der Waals surface area contributed by atoms with Crippen LogP contribution in [0.3, 0.4) is 0 Å². The Hall–Kier alpha value is -2.31. The van der Waals surface area contributed by atoms with Gasteiger partial charge in [-0.25, -0.2) is 9.78 Å². The van der Waals surface area contributed by atoms with Gasteiger partial charge >= 0.3 is 12.0 Å². The van der Waals surface area contributed by atoms with Crippen molar-refractivity contribution >= 4 is 12.0 Å². The Bertz CT molecular complexity index is 493. The van der Waals surface area contributed by atoms with Crippen molar-refractivity contribution in [3.05, 3.63) is 23.9 Å². The number of carbonyl (C=O) groups excluding carboxylic acids is 1. The second-order valence-electron chi connectivity index (χ2n) is 4.64. The highest BCUT2D eigenvalue weighted by Gasteiger charge is 2.18. The van der Waals surface area contributed by atoms with E-state index in [1.54, 1.807) is 25.3 Å². The molecule has 7 heteroatoms. The van der Waals surface area contributed by atoms with Crippen LogP contribution >= 0.6 is 0 Å². The van der Waals surface area contributed by atoms with Gasteiger partial charge < -0.3 is 20.1 Å². The number of carbonyl (C=O) groups is 2. The van der Waals surface area contributed by atoms with Gasteiger partial charge in [0.05, 0.1) is 13.0 Å². The zero-order chi connectivity index (χ0) is 15.8. The van der Waals surface area contributed by atoms with Crippen LogP contribution in [-0.4, -0.2) is 47.2 Å². The van der Waals surface area contributed by atoms with Gasteiger partial charge in [-0.3, -0.25) is 4.79 Å². The lowest BCUT2D eigenvalue weighted by atomic mass is 10.2. The predicted octanol–water partition coefficient (Wildman–Crippen LogP) is 1.34. The van der Waals surface area contributed by atoms with Crippen LogP contribution in [0.25, 0.3) is 0 Å². The summed E-state index contributed by atoms with van der Waals surface area (Å²) in [6.45, 7) is 4.34. The summed E-state index contributed by atoms with van der Waals surface area (Å²) in [5.74, 6) is -1.04. The van der Waals surface area contributed by atoms with Gasteiger partial charge in [0.25, 0.3) is 0 Å². The van der Waals surface area contributed by atoms with Gasteiger partial charge in [-0.15, -0.1) is 0 Å². The van der Waals surface area contributed by atoms with E-state index in [-0.39, 0.29) is 12.6 Å². The van der Waals surface area contributed by atoms with E-state index < -0.39 is 11.9 Å². The first-order valence-corrected chi connectivity index (χ1v) is 6.72. The molecule has 1 unspecified atom stereocenters. The molecular weight excluding hydrogens is 274 g/mol. The maximum Gasteiger partial charge on any atom is 0.317 e. The van der Waals surface area contributed by atoms with Gasteiger partial charge in [-0.05, 0) is 18.6 Å². The summed E-state index contributed by atoms with van der Waals surface area (Å²) in [6.07, 6.45) is 1.60. The number of aliphatic carboxylic acids is 1. The number of pyridine rings is 1. The maximum absolute atomic E-state index is 12.0. The first kappa shape index (κ1) is 16.7. The standard InChI is InChI=1S/C14H21N3O4/c1-4-17(9-10(2)13(18)19)14(20)16-8-11-5-6-15-12(7-11)21-3/h5-7,10H,4,8-9H2,1-3H3,(H,16,20)(H,18,19). The molecule has 116 valence electrons. The maximum atomic E-state index is 12.0. The lowest BCUT2D eigenvalue weighted by molar-refractivity contribution is -0.141. The summed E-state index contributed by atoms with van der Waals surface area (Å²) in [7, 11) is 1.52. The third kappa shape index (κ3) is 5.29. The van der Waals surface area contributed by atoms with Crippen molar-refractivity contribution in [1.82, 2.24) is 15.2 Å². The molecule has 21 heavy (non-hydrogen) atoms. The number of nitrogens with one attached hydrogen (secondary N) is 1. The number of hydrogen-bond acceptors (Lipinski definition) is 4. The molecule has 0 spiro atoms. The van der Waals surface area contributed by atoms with Crippen molar-refractivity contribution in [2.45, 2.75) is 20.4 Å². The van der Waals surface area contributed by atoms with Crippen LogP contribution in [0.1, 0.15) is 19.4 Å². The van der Waals surface area contributed by atoms with Crippen molar-refractivity contribution in [2.24, 2.45) is 5.92 Å². The highest BCUT2D eigenvalue weighted by molar-refractivity contribution is 5.75. The van der Waals surface area contributed by atoms with E-state index in [1.165, 1.54) is 12.0 Å². The van der Waals surface area contributed by atoms with Gasteiger partial charge in [0, 0.05) is 31.9 Å². The number of aromatic nitrogens is 1. The summed E-state index contributed by atoms with van der Waals surface area (Å²) in [5.41, 5.74) is 0.859. The summed E-state index contributed by atoms with van der Waals surface area (Å²) < 4.78 is 5.01. The van der Waals surface area contributed by atoms with Gasteiger partial charge in [-0.2, -0.15) is 0 Å². The fourth-order valence-electron chi connectivity index (χ4n) is 1.73. The first-order chi connectivity index (χ1) is 9.97. The van der Waals surface area contributed by atoms with E-state index >= 15 is 0 Å². The van der Waals surface area contributed by atoms with Gasteiger partial charge in [0.1, 0.15) is 0 Å². The molecule has 0 saturated carbocycles. The fraction of sp³-hybridized carbons (Fsp3) is 0.500. The molecule has 1 atom stereocenters. The number of urea groups is 1. The van der Waals surface area contributed by atoms with Crippen LogP contribution in [0.2, 0.25) is 0 Å². The molecular formula is C14H21N3O4. The predicted molar refractivity (Wildman–Crippen MR) is 77.1 cm³/mol. The molecule has 7 nitrogen and oxygen atoms in total. The van der Waals surface area contributed by atoms with Crippen molar-refractivity contribution in [1.29, 1.82) is 0 Å². The summed E-state index contributed by atoms with van der Waals surface area (Å²) in [5, 5.41) is 11.7. The molecule has 2 N–H and O–H groups in total. The minimum atomic E-state index is -0.917. The molecule has 1 aromatic rings. The van der Waals surface area contributed by atoms with Crippen LogP contribution in [0.15, 0.2) is 18.3 Å². The Balaban J connectivity index is 2.55. The molecule has 1 aromatic heterocycles. The Morgan fingerprint density at radius 2 is 2.24 bits per heavy atom. The van der Waals surface area contributed by atoms with Crippen LogP contribution < -0.4 is 10.1 Å². The lowest BCUT2D eigenvalue weighted by Crippen LogP contribution is -2.42. The molecule has 0 aromatic carbocycles. The minimum Gasteiger partial charge on any atom is -0.481 e. The summed E-state index contributed by atoms with van der Waals surface area (Å²) in [4.78, 5) is 28.3. The van der Waals surface area contributed by atoms with E-state index in [1.807, 2.05) is 6.92 Å². The van der Waals surface area contributed by atoms with Gasteiger partial charge in [-0.1, -0.05) is 6.92 Å². The van der Waals surface area contributed by atoms with E-state index in [0.29, 0.717) is 19.0 Å². The van der Waals surface area contributed by atoms with E-state index in [2.05, 4.69) is 10.3 Å². The van der Waals surface area contributed by atoms with Crippen LogP contribution in [0.5, 0.6) is 5.88 Å². The Morgan fingerprint density at radius 1 is 1.52 bits per heavy atom. The minimum absolute atomic E-state index is 0.178. The van der Waals surface area contributed by atoms with Crippen molar-refractivity contribution in [3.8, 4) is 5.88 Å². The highest BCUT2D eigenvalue weighted by Crippen LogP contribution is 2.08. The monoisotopic (exact) mass is 295 g/mol. The Morgan fingerprint density at radius 3 is 2.81 bits per heavy atom. The third-order valence-electron chi connectivity index (χ3n) is 3.04. The number of carboxylic acids is 1. The summed E-state index contributed by atoms with van der Waals surface area (Å²) in [6, 6.07) is 3.22. The second-order valence-corrected chi connectivity index (χ2v) is 4.64. The average Bonchev–Trinajstić information content (AvgIpc) is 2.49. The van der Waals surface area contributed by atoms with Crippen molar-refractivity contribution < 1.29 is 19.4 Å². The van der Waals surface area contributed by atoms with Crippen LogP contribution in [-0.2, 0) is 11.3 Å². The van der Waals surface area contributed by atoms with E-state index in [0.717, 1.165) is 5.56 Å². The van der Waals surface area contributed by atoms with Crippen LogP contribution in [0, 0.1) is 5.92 Å². The quantitative estimate of drug-likeness (QED) is 0.792. The molecule has 0 aliphatic heterocycles. The SMILES string of the molecule is CCN(CC(C)C(=O)O)C(=O)NCc1ccnc(OC)c1. The second kappa shape index (κ2) is 8.08. The highest BCUT2D eigenvalue weighted by atomic mass is 16.5. The zero-order valence-corrected chi connectivity index (χ0v) is 12.5. The Kier molecular flexibility index (Phi) is 6.45. The number of hydrogen-bond donors (Lipinski definition) is 2. The molecule has 0 bridgehead atoms. The average molecular weight is 295 g/mol. The number of carboxylic acid groups (broad SMARTS) is 1. The topological polar surface area (TPSA) is 91.8 Å². The number of ether oxygens (including phenoxy) is 1. The number of nitrogens with zero attached hydrogens (tertiary/aromatic N) is 2. The molecule has 0 aliphatic rings. The van der Waals surface area contributed by atoms with Gasteiger partial charge in [0.2, 0.25) is 5.88 Å². The van der Waals surface area contributed by atoms with E-state index in [9.17, 15) is 9.59 Å². The molecule has 0 saturated heterocycles. The molecule has 0 aliphatic carbocycles. The summed E-state index contributed by atoms with van der Waals surface area (Å²) >= 11 is 0. The number of amides is 2. The molecule has 1 rings (SSSR count). The van der Waals surface area contributed by atoms with Crippen LogP contribution in [0.4, 0.5) is 4.79 Å². The normalized spacial score (nSPS) is 11.6. The smallest absolute Gasteiger partial charge is 0.317 e. The number of rotatable bonds is 7. The molecule has 1 heterocycles. The lowest BCUT2D eigenvalue weighted by Gasteiger charge is -2.23. The molecule has 2 amide bonds. The van der Waals surface area contributed by atoms with Crippen molar-refractivity contribution in [2.75, 3.05) is 20.2 Å². The third-order valence-corrected chi connectivity index (χ3v) is 3.04. The Labute approximate surface area is 123 Å². The molecule has 0 fully saturated rings. The zero-order valence-electron chi connectivity index (χ0n) is 12.5. The van der Waals surface area contributed by atoms with Gasteiger partial charge in [0.15, 0.2) is 0 Å². The fourth-order valence-corrected chi connectivity index (χ4v) is 1.73. The largest absolute Gasteiger partial charge is 0.481 e. The first-order valence-electron chi connectivity index (χ1n) is 6.72. The molecule has 0 radical (unpaired) electrons.